The van der Waals surface area contributed by atoms with Gasteiger partial charge in [0.1, 0.15) is 0 Å². The van der Waals surface area contributed by atoms with Crippen molar-refractivity contribution in [3.8, 4) is 0 Å². The lowest BCUT2D eigenvalue weighted by Crippen LogP contribution is -2.43. The molecule has 0 aromatic carbocycles. The van der Waals surface area contributed by atoms with Crippen molar-refractivity contribution in [3.63, 3.8) is 0 Å². The van der Waals surface area contributed by atoms with Gasteiger partial charge in [0, 0.05) is 24.4 Å². The lowest BCUT2D eigenvalue weighted by atomic mass is 9.85. The Balaban J connectivity index is 2.66. The summed E-state index contributed by atoms with van der Waals surface area (Å²) in [6.45, 7) is 3.41. The topological polar surface area (TPSA) is 42.0 Å². The van der Waals surface area contributed by atoms with Crippen molar-refractivity contribution in [2.24, 2.45) is 0 Å². The molecule has 0 saturated carbocycles. The maximum atomic E-state index is 12.0. The van der Waals surface area contributed by atoms with E-state index in [4.69, 9.17) is 0 Å². The zero-order valence-corrected chi connectivity index (χ0v) is 9.51. The van der Waals surface area contributed by atoms with Gasteiger partial charge >= 0.3 is 12.1 Å². The molecule has 0 saturated heterocycles. The Morgan fingerprint density at radius 3 is 2.29 bits per heavy atom. The number of nitrogens with one attached hydrogen (secondary N) is 1. The van der Waals surface area contributed by atoms with Crippen LogP contribution in [0.1, 0.15) is 19.4 Å². The quantitative estimate of drug-likeness (QED) is 0.886. The summed E-state index contributed by atoms with van der Waals surface area (Å²) in [7, 11) is 0. The van der Waals surface area contributed by atoms with E-state index in [2.05, 4.69) is 4.98 Å². The van der Waals surface area contributed by atoms with Crippen LogP contribution in [0.4, 0.5) is 13.2 Å². The van der Waals surface area contributed by atoms with E-state index in [9.17, 15) is 18.0 Å². The van der Waals surface area contributed by atoms with Gasteiger partial charge in [-0.25, -0.2) is 0 Å². The standard InChI is InChI=1S/C11H13F3N2O/c1-10(2,8-3-5-15-6-4-8)7-16-9(17)11(12,13)14/h3-6H,7H2,1-2H3,(H,16,17). The van der Waals surface area contributed by atoms with Gasteiger partial charge in [-0.1, -0.05) is 13.8 Å². The summed E-state index contributed by atoms with van der Waals surface area (Å²) < 4.78 is 36.0. The Labute approximate surface area is 97.0 Å². The predicted molar refractivity (Wildman–Crippen MR) is 56.3 cm³/mol. The lowest BCUT2D eigenvalue weighted by Gasteiger charge is -2.25. The average Bonchev–Trinajstić information content (AvgIpc) is 2.26. The maximum Gasteiger partial charge on any atom is 0.471 e. The molecule has 0 aliphatic rings. The van der Waals surface area contributed by atoms with Crippen LogP contribution in [0.2, 0.25) is 0 Å². The molecule has 0 atom stereocenters. The number of rotatable bonds is 3. The Morgan fingerprint density at radius 2 is 1.82 bits per heavy atom. The first-order valence-electron chi connectivity index (χ1n) is 4.99. The van der Waals surface area contributed by atoms with Crippen molar-refractivity contribution in [1.82, 2.24) is 10.3 Å². The van der Waals surface area contributed by atoms with E-state index in [1.807, 2.05) is 5.32 Å². The molecule has 0 aliphatic carbocycles. The highest BCUT2D eigenvalue weighted by atomic mass is 19.4. The molecule has 17 heavy (non-hydrogen) atoms. The first kappa shape index (κ1) is 13.5. The highest BCUT2D eigenvalue weighted by molar-refractivity contribution is 5.81. The van der Waals surface area contributed by atoms with Crippen LogP contribution in [0.5, 0.6) is 0 Å². The van der Waals surface area contributed by atoms with Crippen molar-refractivity contribution in [2.45, 2.75) is 25.4 Å². The average molecular weight is 246 g/mol. The van der Waals surface area contributed by atoms with E-state index in [0.717, 1.165) is 5.56 Å². The number of pyridine rings is 1. The van der Waals surface area contributed by atoms with Crippen molar-refractivity contribution in [1.29, 1.82) is 0 Å². The molecule has 1 N–H and O–H groups in total. The van der Waals surface area contributed by atoms with Crippen molar-refractivity contribution in [3.05, 3.63) is 30.1 Å². The third-order valence-corrected chi connectivity index (χ3v) is 2.41. The fraction of sp³-hybridized carbons (Fsp3) is 0.455. The lowest BCUT2D eigenvalue weighted by molar-refractivity contribution is -0.173. The predicted octanol–water partition coefficient (Wildman–Crippen LogP) is 2.04. The minimum atomic E-state index is -4.84. The number of hydrogen-bond acceptors (Lipinski definition) is 2. The van der Waals surface area contributed by atoms with Crippen LogP contribution in [-0.2, 0) is 10.2 Å². The summed E-state index contributed by atoms with van der Waals surface area (Å²) in [5, 5.41) is 1.88. The van der Waals surface area contributed by atoms with Crippen molar-refractivity contribution >= 4 is 5.91 Å². The normalized spacial score (nSPS) is 12.3. The molecule has 0 aliphatic heterocycles. The molecule has 0 bridgehead atoms. The second-order valence-electron chi connectivity index (χ2n) is 4.30. The van der Waals surface area contributed by atoms with Crippen LogP contribution in [0.3, 0.4) is 0 Å². The van der Waals surface area contributed by atoms with Crippen LogP contribution in [0.15, 0.2) is 24.5 Å². The molecule has 1 heterocycles. The minimum absolute atomic E-state index is 0.0879. The van der Waals surface area contributed by atoms with Crippen LogP contribution in [0, 0.1) is 0 Å². The van der Waals surface area contributed by atoms with Gasteiger partial charge in [0.25, 0.3) is 0 Å². The third-order valence-electron chi connectivity index (χ3n) is 2.41. The summed E-state index contributed by atoms with van der Waals surface area (Å²) in [6, 6.07) is 3.42. The zero-order chi connectivity index (χ0) is 13.1. The van der Waals surface area contributed by atoms with E-state index in [1.54, 1.807) is 38.4 Å². The fourth-order valence-electron chi connectivity index (χ4n) is 1.31. The molecular weight excluding hydrogens is 233 g/mol. The van der Waals surface area contributed by atoms with Crippen LogP contribution < -0.4 is 5.32 Å². The molecule has 0 spiro atoms. The second kappa shape index (κ2) is 4.73. The Kier molecular flexibility index (Phi) is 3.75. The summed E-state index contributed by atoms with van der Waals surface area (Å²) >= 11 is 0. The van der Waals surface area contributed by atoms with Crippen LogP contribution >= 0.6 is 0 Å². The Bertz CT molecular complexity index is 387. The highest BCUT2D eigenvalue weighted by Crippen LogP contribution is 2.22. The molecular formula is C11H13F3N2O. The highest BCUT2D eigenvalue weighted by Gasteiger charge is 2.39. The molecule has 1 aromatic heterocycles. The largest absolute Gasteiger partial charge is 0.471 e. The van der Waals surface area contributed by atoms with Gasteiger partial charge in [-0.3, -0.25) is 9.78 Å². The smallest absolute Gasteiger partial charge is 0.347 e. The summed E-state index contributed by atoms with van der Waals surface area (Å²) in [4.78, 5) is 14.5. The number of halogens is 3. The number of carbonyl (C=O) groups excluding carboxylic acids is 1. The molecule has 0 radical (unpaired) electrons. The van der Waals surface area contributed by atoms with Crippen LogP contribution in [-0.4, -0.2) is 23.6 Å². The molecule has 1 aromatic rings. The van der Waals surface area contributed by atoms with E-state index < -0.39 is 17.5 Å². The number of aromatic nitrogens is 1. The van der Waals surface area contributed by atoms with Crippen molar-refractivity contribution in [2.75, 3.05) is 6.54 Å². The van der Waals surface area contributed by atoms with Gasteiger partial charge in [0.05, 0.1) is 0 Å². The SMILES string of the molecule is CC(C)(CNC(=O)C(F)(F)F)c1ccncc1. The monoisotopic (exact) mass is 246 g/mol. The molecule has 1 amide bonds. The molecule has 3 nitrogen and oxygen atoms in total. The molecule has 0 fully saturated rings. The molecule has 1 rings (SSSR count). The minimum Gasteiger partial charge on any atom is -0.347 e. The van der Waals surface area contributed by atoms with Gasteiger partial charge < -0.3 is 5.32 Å². The summed E-state index contributed by atoms with van der Waals surface area (Å²) in [6.07, 6.45) is -1.72. The number of hydrogen-bond donors (Lipinski definition) is 1. The number of carbonyl (C=O) groups is 1. The Morgan fingerprint density at radius 1 is 1.29 bits per heavy atom. The Hall–Kier alpha value is -1.59. The van der Waals surface area contributed by atoms with Gasteiger partial charge in [0.2, 0.25) is 0 Å². The molecule has 6 heteroatoms. The zero-order valence-electron chi connectivity index (χ0n) is 9.51. The second-order valence-corrected chi connectivity index (χ2v) is 4.30. The number of amides is 1. The first-order chi connectivity index (χ1) is 7.73. The van der Waals surface area contributed by atoms with E-state index in [0.29, 0.717) is 0 Å². The van der Waals surface area contributed by atoms with E-state index >= 15 is 0 Å². The van der Waals surface area contributed by atoms with Gasteiger partial charge in [0.15, 0.2) is 0 Å². The van der Waals surface area contributed by atoms with Gasteiger partial charge in [-0.2, -0.15) is 13.2 Å². The number of alkyl halides is 3. The van der Waals surface area contributed by atoms with Crippen LogP contribution in [0.25, 0.3) is 0 Å². The molecule has 94 valence electrons. The van der Waals surface area contributed by atoms with E-state index in [-0.39, 0.29) is 6.54 Å². The van der Waals surface area contributed by atoms with Gasteiger partial charge in [-0.05, 0) is 17.7 Å². The third kappa shape index (κ3) is 3.72. The summed E-state index contributed by atoms with van der Waals surface area (Å²) in [5.74, 6) is -1.92. The van der Waals surface area contributed by atoms with Crippen molar-refractivity contribution < 1.29 is 18.0 Å². The van der Waals surface area contributed by atoms with Gasteiger partial charge in [-0.15, -0.1) is 0 Å². The maximum absolute atomic E-state index is 12.0. The fourth-order valence-corrected chi connectivity index (χ4v) is 1.31. The molecule has 0 unspecified atom stereocenters. The summed E-state index contributed by atoms with van der Waals surface area (Å²) in [5.41, 5.74) is 0.235. The first-order valence-corrected chi connectivity index (χ1v) is 4.99. The number of nitrogens with zero attached hydrogens (tertiary/aromatic N) is 1. The van der Waals surface area contributed by atoms with E-state index in [1.165, 1.54) is 0 Å².